The average Bonchev–Trinajstić information content (AvgIpc) is 2.44. The highest BCUT2D eigenvalue weighted by atomic mass is 16.5. The minimum Gasteiger partial charge on any atom is -0.465 e. The smallest absolute Gasteiger partial charge is 0.323 e. The van der Waals surface area contributed by atoms with Gasteiger partial charge in [0.2, 0.25) is 0 Å². The zero-order valence-corrected chi connectivity index (χ0v) is 13.0. The van der Waals surface area contributed by atoms with Gasteiger partial charge in [0.15, 0.2) is 0 Å². The molecule has 0 saturated heterocycles. The minimum absolute atomic E-state index is 0.161. The maximum atomic E-state index is 11.8. The lowest BCUT2D eigenvalue weighted by molar-refractivity contribution is -0.145. The van der Waals surface area contributed by atoms with Gasteiger partial charge in [0.25, 0.3) is 0 Å². The number of anilines is 1. The number of esters is 1. The second-order valence-corrected chi connectivity index (χ2v) is 4.91. The van der Waals surface area contributed by atoms with E-state index < -0.39 is 0 Å². The molecule has 1 unspecified atom stereocenters. The number of hydrogen-bond acceptors (Lipinski definition) is 4. The van der Waals surface area contributed by atoms with Crippen molar-refractivity contribution in [1.82, 2.24) is 5.32 Å². The first-order valence-electron chi connectivity index (χ1n) is 7.26. The number of hydrogen-bond donors (Lipinski definition) is 1. The molecule has 0 aliphatic heterocycles. The van der Waals surface area contributed by atoms with Gasteiger partial charge in [0.1, 0.15) is 6.04 Å². The van der Waals surface area contributed by atoms with Crippen molar-refractivity contribution in [2.75, 3.05) is 31.6 Å². The van der Waals surface area contributed by atoms with Gasteiger partial charge in [-0.15, -0.1) is 0 Å². The molecule has 112 valence electrons. The van der Waals surface area contributed by atoms with Crippen LogP contribution in [0.5, 0.6) is 0 Å². The molecule has 1 aromatic rings. The van der Waals surface area contributed by atoms with E-state index in [4.69, 9.17) is 4.74 Å². The van der Waals surface area contributed by atoms with Crippen molar-refractivity contribution >= 4 is 11.7 Å². The first-order valence-corrected chi connectivity index (χ1v) is 7.26. The number of carbonyl (C=O) groups is 1. The largest absolute Gasteiger partial charge is 0.465 e. The Morgan fingerprint density at radius 3 is 2.50 bits per heavy atom. The maximum Gasteiger partial charge on any atom is 0.323 e. The Balaban J connectivity index is 2.53. The van der Waals surface area contributed by atoms with Gasteiger partial charge in [0, 0.05) is 19.3 Å². The second-order valence-electron chi connectivity index (χ2n) is 4.91. The molecule has 1 aromatic carbocycles. The number of nitrogens with one attached hydrogen (secondary N) is 1. The molecule has 0 spiro atoms. The van der Waals surface area contributed by atoms with Crippen LogP contribution in [0.1, 0.15) is 25.8 Å². The highest BCUT2D eigenvalue weighted by molar-refractivity contribution is 5.75. The molecular formula is C16H26N2O2. The molecule has 0 heterocycles. The number of nitrogens with zero attached hydrogens (tertiary/aromatic N) is 1. The molecular weight excluding hydrogens is 252 g/mol. The highest BCUT2D eigenvalue weighted by Crippen LogP contribution is 2.14. The number of rotatable bonds is 8. The van der Waals surface area contributed by atoms with E-state index in [0.717, 1.165) is 25.2 Å². The molecule has 4 nitrogen and oxygen atoms in total. The molecule has 1 rings (SSSR count). The molecule has 20 heavy (non-hydrogen) atoms. The first-order chi connectivity index (χ1) is 9.58. The predicted molar refractivity (Wildman–Crippen MR) is 83.2 cm³/mol. The number of likely N-dealkylation sites (N-methyl/N-ethyl adjacent to an activating group) is 1. The van der Waals surface area contributed by atoms with Crippen molar-refractivity contribution in [3.8, 4) is 0 Å². The summed E-state index contributed by atoms with van der Waals surface area (Å²) in [7, 11) is 2.04. The van der Waals surface area contributed by atoms with Gasteiger partial charge in [-0.3, -0.25) is 4.79 Å². The number of ether oxygens (including phenoxy) is 1. The lowest BCUT2D eigenvalue weighted by Crippen LogP contribution is -2.40. The van der Waals surface area contributed by atoms with Crippen molar-refractivity contribution in [2.24, 2.45) is 0 Å². The predicted octanol–water partition coefficient (Wildman–Crippen LogP) is 2.36. The standard InChI is InChI=1S/C16H26N2O2/c1-5-17-15(16(19)20-6-2)11-12-18(4)14-9-7-13(3)8-10-14/h7-10,15,17H,5-6,11-12H2,1-4H3. The Bertz CT molecular complexity index is 403. The van der Waals surface area contributed by atoms with Crippen LogP contribution < -0.4 is 10.2 Å². The first kappa shape index (κ1) is 16.5. The van der Waals surface area contributed by atoms with E-state index in [1.165, 1.54) is 5.56 Å². The quantitative estimate of drug-likeness (QED) is 0.741. The van der Waals surface area contributed by atoms with Gasteiger partial charge >= 0.3 is 5.97 Å². The molecule has 1 atom stereocenters. The number of carbonyl (C=O) groups excluding carboxylic acids is 1. The van der Waals surface area contributed by atoms with Crippen LogP contribution in [0.15, 0.2) is 24.3 Å². The fourth-order valence-electron chi connectivity index (χ4n) is 2.04. The number of benzene rings is 1. The van der Waals surface area contributed by atoms with Crippen LogP contribution in [0.3, 0.4) is 0 Å². The van der Waals surface area contributed by atoms with Crippen molar-refractivity contribution in [2.45, 2.75) is 33.2 Å². The molecule has 0 aliphatic rings. The third-order valence-corrected chi connectivity index (χ3v) is 3.25. The fraction of sp³-hybridized carbons (Fsp3) is 0.562. The van der Waals surface area contributed by atoms with E-state index in [9.17, 15) is 4.79 Å². The van der Waals surface area contributed by atoms with Crippen LogP contribution in [0.25, 0.3) is 0 Å². The Hall–Kier alpha value is -1.55. The third-order valence-electron chi connectivity index (χ3n) is 3.25. The Labute approximate surface area is 122 Å². The topological polar surface area (TPSA) is 41.6 Å². The number of aryl methyl sites for hydroxylation is 1. The van der Waals surface area contributed by atoms with Crippen LogP contribution in [0.4, 0.5) is 5.69 Å². The molecule has 0 bridgehead atoms. The van der Waals surface area contributed by atoms with E-state index in [2.05, 4.69) is 41.4 Å². The van der Waals surface area contributed by atoms with Crippen LogP contribution >= 0.6 is 0 Å². The summed E-state index contributed by atoms with van der Waals surface area (Å²) in [4.78, 5) is 14.0. The van der Waals surface area contributed by atoms with Crippen molar-refractivity contribution in [3.05, 3.63) is 29.8 Å². The summed E-state index contributed by atoms with van der Waals surface area (Å²) in [5.74, 6) is -0.161. The van der Waals surface area contributed by atoms with Gasteiger partial charge < -0.3 is 15.0 Å². The minimum atomic E-state index is -0.229. The summed E-state index contributed by atoms with van der Waals surface area (Å²) in [5, 5.41) is 3.18. The van der Waals surface area contributed by atoms with Crippen LogP contribution in [-0.2, 0) is 9.53 Å². The summed E-state index contributed by atoms with van der Waals surface area (Å²) in [6, 6.07) is 8.16. The van der Waals surface area contributed by atoms with Gasteiger partial charge in [0.05, 0.1) is 6.61 Å². The normalized spacial score (nSPS) is 12.0. The molecule has 0 aliphatic carbocycles. The Morgan fingerprint density at radius 1 is 1.30 bits per heavy atom. The van der Waals surface area contributed by atoms with E-state index in [1.54, 1.807) is 0 Å². The summed E-state index contributed by atoms with van der Waals surface area (Å²) >= 11 is 0. The zero-order valence-electron chi connectivity index (χ0n) is 13.0. The molecule has 4 heteroatoms. The molecule has 0 saturated carbocycles. The van der Waals surface area contributed by atoms with Crippen molar-refractivity contribution < 1.29 is 9.53 Å². The van der Waals surface area contributed by atoms with Gasteiger partial charge in [-0.05, 0) is 38.9 Å². The summed E-state index contributed by atoms with van der Waals surface area (Å²) in [6.07, 6.45) is 0.733. The monoisotopic (exact) mass is 278 g/mol. The fourth-order valence-corrected chi connectivity index (χ4v) is 2.04. The van der Waals surface area contributed by atoms with Crippen molar-refractivity contribution in [1.29, 1.82) is 0 Å². The highest BCUT2D eigenvalue weighted by Gasteiger charge is 2.18. The summed E-state index contributed by atoms with van der Waals surface area (Å²) < 4.78 is 5.09. The molecule has 0 radical (unpaired) electrons. The van der Waals surface area contributed by atoms with Gasteiger partial charge in [-0.2, -0.15) is 0 Å². The molecule has 0 aromatic heterocycles. The van der Waals surface area contributed by atoms with E-state index >= 15 is 0 Å². The van der Waals surface area contributed by atoms with Crippen LogP contribution in [0.2, 0.25) is 0 Å². The molecule has 1 N–H and O–H groups in total. The van der Waals surface area contributed by atoms with Gasteiger partial charge in [-0.25, -0.2) is 0 Å². The summed E-state index contributed by atoms with van der Waals surface area (Å²) in [6.45, 7) is 7.90. The summed E-state index contributed by atoms with van der Waals surface area (Å²) in [5.41, 5.74) is 2.41. The lowest BCUT2D eigenvalue weighted by Gasteiger charge is -2.23. The molecule has 0 fully saturated rings. The SMILES string of the molecule is CCNC(CCN(C)c1ccc(C)cc1)C(=O)OCC. The Kier molecular flexibility index (Phi) is 7.09. The van der Waals surface area contributed by atoms with E-state index in [0.29, 0.717) is 6.61 Å². The Morgan fingerprint density at radius 2 is 1.95 bits per heavy atom. The third kappa shape index (κ3) is 5.21. The second kappa shape index (κ2) is 8.59. The van der Waals surface area contributed by atoms with Gasteiger partial charge in [-0.1, -0.05) is 24.6 Å². The lowest BCUT2D eigenvalue weighted by atomic mass is 10.1. The molecule has 0 amide bonds. The maximum absolute atomic E-state index is 11.8. The zero-order chi connectivity index (χ0) is 15.0. The van der Waals surface area contributed by atoms with Crippen LogP contribution in [0, 0.1) is 6.92 Å². The van der Waals surface area contributed by atoms with E-state index in [1.807, 2.05) is 20.9 Å². The van der Waals surface area contributed by atoms with E-state index in [-0.39, 0.29) is 12.0 Å². The van der Waals surface area contributed by atoms with Crippen LogP contribution in [-0.4, -0.2) is 38.8 Å². The van der Waals surface area contributed by atoms with Crippen molar-refractivity contribution in [3.63, 3.8) is 0 Å². The average molecular weight is 278 g/mol.